The molecule has 0 heterocycles. The Morgan fingerprint density at radius 2 is 1.94 bits per heavy atom. The summed E-state index contributed by atoms with van der Waals surface area (Å²) in [5, 5.41) is 0. The van der Waals surface area contributed by atoms with Gasteiger partial charge in [0.2, 0.25) is 0 Å². The first-order valence-corrected chi connectivity index (χ1v) is 5.81. The summed E-state index contributed by atoms with van der Waals surface area (Å²) >= 11 is 2.86. The molecule has 0 unspecified atom stereocenters. The number of ether oxygens (including phenoxy) is 3. The second-order valence-corrected chi connectivity index (χ2v) is 4.13. The standard InChI is InChI=1S/C11H12BrF3O3/c1-16-5-6-17-7-18-9-4-2-3-8(12)10(9)11(13,14)15/h2-4H,5-7H2,1H3. The van der Waals surface area contributed by atoms with Crippen LogP contribution in [0, 0.1) is 0 Å². The van der Waals surface area contributed by atoms with E-state index >= 15 is 0 Å². The number of methoxy groups -OCH3 is 1. The lowest BCUT2D eigenvalue weighted by molar-refractivity contribution is -0.140. The average Bonchev–Trinajstić information content (AvgIpc) is 2.27. The predicted molar refractivity (Wildman–Crippen MR) is 62.5 cm³/mol. The Morgan fingerprint density at radius 1 is 1.22 bits per heavy atom. The number of hydrogen-bond acceptors (Lipinski definition) is 3. The Morgan fingerprint density at radius 3 is 2.56 bits per heavy atom. The normalized spacial score (nSPS) is 11.6. The third-order valence-corrected chi connectivity index (χ3v) is 2.65. The minimum Gasteiger partial charge on any atom is -0.467 e. The van der Waals surface area contributed by atoms with Crippen LogP contribution in [0.2, 0.25) is 0 Å². The summed E-state index contributed by atoms with van der Waals surface area (Å²) in [5.74, 6) is -0.269. The van der Waals surface area contributed by atoms with Crippen LogP contribution in [0.3, 0.4) is 0 Å². The topological polar surface area (TPSA) is 27.7 Å². The van der Waals surface area contributed by atoms with Gasteiger partial charge in [0.25, 0.3) is 0 Å². The van der Waals surface area contributed by atoms with Crippen molar-refractivity contribution < 1.29 is 27.4 Å². The third-order valence-electron chi connectivity index (χ3n) is 1.99. The largest absolute Gasteiger partial charge is 0.467 e. The van der Waals surface area contributed by atoms with E-state index in [1.54, 1.807) is 0 Å². The molecule has 0 atom stereocenters. The number of rotatable bonds is 6. The van der Waals surface area contributed by atoms with Gasteiger partial charge in [0.15, 0.2) is 6.79 Å². The molecule has 0 saturated heterocycles. The molecule has 0 amide bonds. The van der Waals surface area contributed by atoms with Gasteiger partial charge < -0.3 is 14.2 Å². The predicted octanol–water partition coefficient (Wildman–Crippen LogP) is 3.47. The van der Waals surface area contributed by atoms with Crippen LogP contribution < -0.4 is 4.74 Å². The molecule has 0 N–H and O–H groups in total. The maximum atomic E-state index is 12.8. The molecular formula is C11H12BrF3O3. The van der Waals surface area contributed by atoms with E-state index < -0.39 is 11.7 Å². The summed E-state index contributed by atoms with van der Waals surface area (Å²) in [6.45, 7) is 0.350. The zero-order valence-electron chi connectivity index (χ0n) is 9.59. The van der Waals surface area contributed by atoms with Crippen molar-refractivity contribution in [1.82, 2.24) is 0 Å². The fourth-order valence-corrected chi connectivity index (χ4v) is 1.78. The van der Waals surface area contributed by atoms with E-state index in [9.17, 15) is 13.2 Å². The summed E-state index contributed by atoms with van der Waals surface area (Å²) in [7, 11) is 1.50. The quantitative estimate of drug-likeness (QED) is 0.591. The average molecular weight is 329 g/mol. The molecule has 7 heteroatoms. The van der Waals surface area contributed by atoms with E-state index in [0.717, 1.165) is 0 Å². The molecule has 0 fully saturated rings. The van der Waals surface area contributed by atoms with Gasteiger partial charge in [-0.2, -0.15) is 13.2 Å². The van der Waals surface area contributed by atoms with Crippen LogP contribution in [0.1, 0.15) is 5.56 Å². The Kier molecular flexibility index (Phi) is 5.90. The molecule has 18 heavy (non-hydrogen) atoms. The Labute approximate surface area is 111 Å². The molecular weight excluding hydrogens is 317 g/mol. The van der Waals surface area contributed by atoms with Crippen molar-refractivity contribution in [3.05, 3.63) is 28.2 Å². The summed E-state index contributed by atoms with van der Waals surface area (Å²) in [4.78, 5) is 0. The van der Waals surface area contributed by atoms with Crippen LogP contribution in [0.4, 0.5) is 13.2 Å². The number of alkyl halides is 3. The maximum Gasteiger partial charge on any atom is 0.421 e. The van der Waals surface area contributed by atoms with Crippen LogP contribution in [0.15, 0.2) is 22.7 Å². The lowest BCUT2D eigenvalue weighted by Gasteiger charge is -2.15. The first kappa shape index (κ1) is 15.3. The Hall–Kier alpha value is -0.790. The maximum absolute atomic E-state index is 12.8. The van der Waals surface area contributed by atoms with E-state index in [2.05, 4.69) is 15.9 Å². The summed E-state index contributed by atoms with van der Waals surface area (Å²) < 4.78 is 52.9. The first-order chi connectivity index (χ1) is 8.46. The molecule has 0 aliphatic carbocycles. The monoisotopic (exact) mass is 328 g/mol. The van der Waals surface area contributed by atoms with Crippen LogP contribution >= 0.6 is 15.9 Å². The van der Waals surface area contributed by atoms with Gasteiger partial charge in [0, 0.05) is 11.6 Å². The first-order valence-electron chi connectivity index (χ1n) is 5.02. The molecule has 0 radical (unpaired) electrons. The minimum atomic E-state index is -4.48. The van der Waals surface area contributed by atoms with Crippen LogP contribution in [-0.2, 0) is 15.7 Å². The fraction of sp³-hybridized carbons (Fsp3) is 0.455. The van der Waals surface area contributed by atoms with Crippen molar-refractivity contribution in [2.45, 2.75) is 6.18 Å². The SMILES string of the molecule is COCCOCOc1cccc(Br)c1C(F)(F)F. The van der Waals surface area contributed by atoms with E-state index in [-0.39, 0.29) is 23.6 Å². The zero-order valence-corrected chi connectivity index (χ0v) is 11.2. The van der Waals surface area contributed by atoms with Gasteiger partial charge in [-0.3, -0.25) is 0 Å². The van der Waals surface area contributed by atoms with E-state index in [0.29, 0.717) is 6.61 Å². The Balaban J connectivity index is 2.68. The van der Waals surface area contributed by atoms with Gasteiger partial charge in [0.05, 0.1) is 13.2 Å². The molecule has 102 valence electrons. The molecule has 0 spiro atoms. The van der Waals surface area contributed by atoms with Gasteiger partial charge in [-0.05, 0) is 12.1 Å². The zero-order chi connectivity index (χ0) is 13.6. The molecule has 1 aromatic carbocycles. The van der Waals surface area contributed by atoms with Crippen molar-refractivity contribution in [1.29, 1.82) is 0 Å². The van der Waals surface area contributed by atoms with Crippen molar-refractivity contribution in [3.63, 3.8) is 0 Å². The molecule has 0 aliphatic heterocycles. The number of halogens is 4. The molecule has 1 rings (SSSR count). The summed E-state index contributed by atoms with van der Waals surface area (Å²) in [6, 6.07) is 4.01. The van der Waals surface area contributed by atoms with E-state index in [1.165, 1.54) is 25.3 Å². The van der Waals surface area contributed by atoms with E-state index in [4.69, 9.17) is 14.2 Å². The highest BCUT2D eigenvalue weighted by atomic mass is 79.9. The fourth-order valence-electron chi connectivity index (χ4n) is 1.21. The van der Waals surface area contributed by atoms with Crippen LogP contribution in [0.5, 0.6) is 5.75 Å². The number of benzene rings is 1. The smallest absolute Gasteiger partial charge is 0.421 e. The van der Waals surface area contributed by atoms with Gasteiger partial charge in [-0.15, -0.1) is 0 Å². The Bertz CT molecular complexity index is 382. The molecule has 0 bridgehead atoms. The number of hydrogen-bond donors (Lipinski definition) is 0. The molecule has 0 aliphatic rings. The highest BCUT2D eigenvalue weighted by Gasteiger charge is 2.36. The second-order valence-electron chi connectivity index (χ2n) is 3.27. The minimum absolute atomic E-state index is 0.0654. The molecule has 0 saturated carbocycles. The summed E-state index contributed by atoms with van der Waals surface area (Å²) in [5.41, 5.74) is -0.847. The van der Waals surface area contributed by atoms with Gasteiger partial charge in [-0.1, -0.05) is 22.0 Å². The van der Waals surface area contributed by atoms with Crippen LogP contribution in [-0.4, -0.2) is 27.1 Å². The second kappa shape index (κ2) is 6.96. The lowest BCUT2D eigenvalue weighted by atomic mass is 10.2. The third kappa shape index (κ3) is 4.47. The van der Waals surface area contributed by atoms with Gasteiger partial charge in [0.1, 0.15) is 11.3 Å². The molecule has 1 aromatic rings. The molecule has 0 aromatic heterocycles. The van der Waals surface area contributed by atoms with Crippen molar-refractivity contribution in [2.24, 2.45) is 0 Å². The van der Waals surface area contributed by atoms with Gasteiger partial charge >= 0.3 is 6.18 Å². The van der Waals surface area contributed by atoms with E-state index in [1.807, 2.05) is 0 Å². The van der Waals surface area contributed by atoms with Crippen LogP contribution in [0.25, 0.3) is 0 Å². The summed E-state index contributed by atoms with van der Waals surface area (Å²) in [6.07, 6.45) is -4.48. The van der Waals surface area contributed by atoms with Crippen molar-refractivity contribution >= 4 is 15.9 Å². The van der Waals surface area contributed by atoms with Crippen molar-refractivity contribution in [2.75, 3.05) is 27.1 Å². The molecule has 3 nitrogen and oxygen atoms in total. The highest BCUT2D eigenvalue weighted by Crippen LogP contribution is 2.40. The highest BCUT2D eigenvalue weighted by molar-refractivity contribution is 9.10. The lowest BCUT2D eigenvalue weighted by Crippen LogP contribution is -2.12. The van der Waals surface area contributed by atoms with Gasteiger partial charge in [-0.25, -0.2) is 0 Å². The van der Waals surface area contributed by atoms with Crippen molar-refractivity contribution in [3.8, 4) is 5.75 Å².